The summed E-state index contributed by atoms with van der Waals surface area (Å²) in [6, 6.07) is 7.63. The highest BCUT2D eigenvalue weighted by Gasteiger charge is 2.30. The van der Waals surface area contributed by atoms with E-state index in [2.05, 4.69) is 19.2 Å². The molecule has 1 aliphatic carbocycles. The Labute approximate surface area is 161 Å². The van der Waals surface area contributed by atoms with E-state index in [4.69, 9.17) is 9.84 Å². The SMILES string of the molecule is CCCCc1cn(CC2(O)CCCCC2)nc1-c1cc(C#N)ccc1OC. The molecule has 0 amide bonds. The van der Waals surface area contributed by atoms with E-state index in [0.717, 1.165) is 61.8 Å². The van der Waals surface area contributed by atoms with Crippen molar-refractivity contribution >= 4 is 0 Å². The normalized spacial score (nSPS) is 16.1. The van der Waals surface area contributed by atoms with E-state index >= 15 is 0 Å². The number of nitriles is 1. The summed E-state index contributed by atoms with van der Waals surface area (Å²) in [5, 5.41) is 25.0. The summed E-state index contributed by atoms with van der Waals surface area (Å²) in [5.41, 5.74) is 2.77. The number of ether oxygens (including phenoxy) is 1. The minimum atomic E-state index is -0.665. The summed E-state index contributed by atoms with van der Waals surface area (Å²) in [4.78, 5) is 0. The van der Waals surface area contributed by atoms with Crippen molar-refractivity contribution in [2.24, 2.45) is 0 Å². The van der Waals surface area contributed by atoms with E-state index < -0.39 is 5.60 Å². The molecule has 2 aromatic rings. The third-order valence-corrected chi connectivity index (χ3v) is 5.46. The van der Waals surface area contributed by atoms with Gasteiger partial charge in [0.15, 0.2) is 0 Å². The molecule has 1 fully saturated rings. The van der Waals surface area contributed by atoms with Crippen LogP contribution < -0.4 is 4.74 Å². The number of methoxy groups -OCH3 is 1. The van der Waals surface area contributed by atoms with Crippen molar-refractivity contribution in [2.75, 3.05) is 7.11 Å². The van der Waals surface area contributed by atoms with E-state index in [1.165, 1.54) is 6.42 Å². The highest BCUT2D eigenvalue weighted by Crippen LogP contribution is 2.34. The van der Waals surface area contributed by atoms with Crippen LogP contribution in [0.15, 0.2) is 24.4 Å². The van der Waals surface area contributed by atoms with E-state index in [1.54, 1.807) is 13.2 Å². The minimum Gasteiger partial charge on any atom is -0.496 e. The van der Waals surface area contributed by atoms with Crippen LogP contribution in [-0.4, -0.2) is 27.6 Å². The zero-order chi connectivity index (χ0) is 19.3. The second-order valence-corrected chi connectivity index (χ2v) is 7.62. The van der Waals surface area contributed by atoms with E-state index in [0.29, 0.717) is 17.9 Å². The molecule has 0 saturated heterocycles. The van der Waals surface area contributed by atoms with Crippen molar-refractivity contribution in [3.8, 4) is 23.1 Å². The molecule has 1 aromatic heterocycles. The van der Waals surface area contributed by atoms with Gasteiger partial charge in [-0.15, -0.1) is 0 Å². The lowest BCUT2D eigenvalue weighted by Crippen LogP contribution is -2.36. The van der Waals surface area contributed by atoms with Crippen molar-refractivity contribution in [2.45, 2.75) is 70.4 Å². The predicted octanol–water partition coefficient (Wildman–Crippen LogP) is 4.47. The highest BCUT2D eigenvalue weighted by atomic mass is 16.5. The summed E-state index contributed by atoms with van der Waals surface area (Å²) in [6.45, 7) is 2.69. The number of benzene rings is 1. The van der Waals surface area contributed by atoms with Gasteiger partial charge in [0, 0.05) is 11.8 Å². The number of nitrogens with zero attached hydrogens (tertiary/aromatic N) is 3. The van der Waals surface area contributed by atoms with Gasteiger partial charge in [0.1, 0.15) is 5.75 Å². The van der Waals surface area contributed by atoms with Crippen LogP contribution in [0.5, 0.6) is 5.75 Å². The summed E-state index contributed by atoms with van der Waals surface area (Å²) in [7, 11) is 1.64. The topological polar surface area (TPSA) is 71.1 Å². The minimum absolute atomic E-state index is 0.520. The molecule has 0 atom stereocenters. The first-order valence-corrected chi connectivity index (χ1v) is 9.96. The molecule has 1 aromatic carbocycles. The van der Waals surface area contributed by atoms with E-state index in [9.17, 15) is 10.4 Å². The Hall–Kier alpha value is -2.32. The highest BCUT2D eigenvalue weighted by molar-refractivity contribution is 5.71. The van der Waals surface area contributed by atoms with Gasteiger partial charge in [-0.05, 0) is 49.4 Å². The number of unbranched alkanes of at least 4 members (excludes halogenated alkanes) is 1. The van der Waals surface area contributed by atoms with Gasteiger partial charge in [-0.3, -0.25) is 4.68 Å². The molecule has 27 heavy (non-hydrogen) atoms. The quantitative estimate of drug-likeness (QED) is 0.784. The molecular formula is C22H29N3O2. The van der Waals surface area contributed by atoms with Crippen LogP contribution in [0.1, 0.15) is 63.0 Å². The van der Waals surface area contributed by atoms with E-state index in [1.807, 2.05) is 16.8 Å². The van der Waals surface area contributed by atoms with Crippen LogP contribution in [0.25, 0.3) is 11.3 Å². The van der Waals surface area contributed by atoms with Crippen molar-refractivity contribution in [3.63, 3.8) is 0 Å². The van der Waals surface area contributed by atoms with Crippen LogP contribution in [0, 0.1) is 11.3 Å². The van der Waals surface area contributed by atoms with Gasteiger partial charge in [0.25, 0.3) is 0 Å². The van der Waals surface area contributed by atoms with Crippen LogP contribution in [0.3, 0.4) is 0 Å². The average Bonchev–Trinajstić information content (AvgIpc) is 3.07. The Morgan fingerprint density at radius 3 is 2.74 bits per heavy atom. The lowest BCUT2D eigenvalue weighted by atomic mass is 9.85. The van der Waals surface area contributed by atoms with Gasteiger partial charge in [0.2, 0.25) is 0 Å². The first-order chi connectivity index (χ1) is 13.1. The lowest BCUT2D eigenvalue weighted by Gasteiger charge is -2.31. The molecule has 0 unspecified atom stereocenters. The molecule has 1 saturated carbocycles. The fourth-order valence-electron chi connectivity index (χ4n) is 3.95. The van der Waals surface area contributed by atoms with Gasteiger partial charge in [-0.1, -0.05) is 32.6 Å². The Balaban J connectivity index is 1.98. The molecule has 0 aliphatic heterocycles. The van der Waals surface area contributed by atoms with Gasteiger partial charge in [-0.2, -0.15) is 10.4 Å². The third kappa shape index (κ3) is 4.51. The Kier molecular flexibility index (Phi) is 6.18. The van der Waals surface area contributed by atoms with Crippen molar-refractivity contribution in [1.29, 1.82) is 5.26 Å². The van der Waals surface area contributed by atoms with Crippen molar-refractivity contribution in [1.82, 2.24) is 9.78 Å². The smallest absolute Gasteiger partial charge is 0.128 e. The second kappa shape index (κ2) is 8.58. The Morgan fingerprint density at radius 1 is 1.30 bits per heavy atom. The van der Waals surface area contributed by atoms with Crippen LogP contribution in [-0.2, 0) is 13.0 Å². The summed E-state index contributed by atoms with van der Waals surface area (Å²) >= 11 is 0. The maximum atomic E-state index is 10.9. The molecule has 144 valence electrons. The number of rotatable bonds is 7. The van der Waals surface area contributed by atoms with E-state index in [-0.39, 0.29) is 0 Å². The molecule has 3 rings (SSSR count). The Morgan fingerprint density at radius 2 is 2.07 bits per heavy atom. The number of hydrogen-bond acceptors (Lipinski definition) is 4. The summed E-state index contributed by atoms with van der Waals surface area (Å²) in [6.07, 6.45) is 10.2. The summed E-state index contributed by atoms with van der Waals surface area (Å²) in [5.74, 6) is 0.716. The second-order valence-electron chi connectivity index (χ2n) is 7.62. The number of aliphatic hydroxyl groups is 1. The zero-order valence-corrected chi connectivity index (χ0v) is 16.4. The van der Waals surface area contributed by atoms with Crippen molar-refractivity contribution < 1.29 is 9.84 Å². The lowest BCUT2D eigenvalue weighted by molar-refractivity contribution is -0.0142. The van der Waals surface area contributed by atoms with Gasteiger partial charge in [0.05, 0.1) is 36.6 Å². The molecule has 1 heterocycles. The van der Waals surface area contributed by atoms with Crippen LogP contribution in [0.2, 0.25) is 0 Å². The predicted molar refractivity (Wildman–Crippen MR) is 106 cm³/mol. The van der Waals surface area contributed by atoms with Crippen molar-refractivity contribution in [3.05, 3.63) is 35.5 Å². The monoisotopic (exact) mass is 367 g/mol. The molecule has 5 nitrogen and oxygen atoms in total. The first kappa shape index (κ1) is 19.4. The molecule has 1 N–H and O–H groups in total. The van der Waals surface area contributed by atoms with Gasteiger partial charge in [-0.25, -0.2) is 0 Å². The maximum Gasteiger partial charge on any atom is 0.128 e. The number of aryl methyl sites for hydroxylation is 1. The number of hydrogen-bond donors (Lipinski definition) is 1. The van der Waals surface area contributed by atoms with Gasteiger partial charge < -0.3 is 9.84 Å². The Bertz CT molecular complexity index is 813. The average molecular weight is 367 g/mol. The zero-order valence-electron chi connectivity index (χ0n) is 16.4. The largest absolute Gasteiger partial charge is 0.496 e. The maximum absolute atomic E-state index is 10.9. The molecular weight excluding hydrogens is 338 g/mol. The fraction of sp³-hybridized carbons (Fsp3) is 0.545. The molecule has 1 aliphatic rings. The number of aromatic nitrogens is 2. The van der Waals surface area contributed by atoms with Gasteiger partial charge >= 0.3 is 0 Å². The third-order valence-electron chi connectivity index (χ3n) is 5.46. The summed E-state index contributed by atoms with van der Waals surface area (Å²) < 4.78 is 7.42. The molecule has 0 radical (unpaired) electrons. The first-order valence-electron chi connectivity index (χ1n) is 9.96. The van der Waals surface area contributed by atoms with Crippen LogP contribution >= 0.6 is 0 Å². The molecule has 0 spiro atoms. The molecule has 5 heteroatoms. The van der Waals surface area contributed by atoms with Crippen LogP contribution in [0.4, 0.5) is 0 Å². The molecule has 0 bridgehead atoms. The standard InChI is InChI=1S/C22H29N3O2/c1-3-4-8-18-15-25(16-22(26)11-6-5-7-12-22)24-21(18)19-13-17(14-23)9-10-20(19)27-2/h9-10,13,15,26H,3-8,11-12,16H2,1-2H3. The fourth-order valence-corrected chi connectivity index (χ4v) is 3.95.